The Hall–Kier alpha value is -1.13. The van der Waals surface area contributed by atoms with Crippen LogP contribution >= 0.6 is 0 Å². The van der Waals surface area contributed by atoms with E-state index >= 15 is 0 Å². The third-order valence-corrected chi connectivity index (χ3v) is 7.41. The molecule has 0 bridgehead atoms. The van der Waals surface area contributed by atoms with Crippen molar-refractivity contribution in [1.29, 1.82) is 0 Å². The van der Waals surface area contributed by atoms with Gasteiger partial charge in [0.15, 0.2) is 8.32 Å². The molecule has 1 aromatic rings. The second kappa shape index (κ2) is 8.81. The summed E-state index contributed by atoms with van der Waals surface area (Å²) in [4.78, 5) is 14.6. The van der Waals surface area contributed by atoms with Gasteiger partial charge in [-0.25, -0.2) is 0 Å². The van der Waals surface area contributed by atoms with Crippen molar-refractivity contribution in [2.24, 2.45) is 5.92 Å². The molecule has 1 amide bonds. The summed E-state index contributed by atoms with van der Waals surface area (Å²) in [6, 6.07) is 9.43. The van der Waals surface area contributed by atoms with E-state index in [1.807, 2.05) is 17.0 Å². The van der Waals surface area contributed by atoms with Gasteiger partial charge in [-0.2, -0.15) is 0 Å². The zero-order valence-electron chi connectivity index (χ0n) is 15.8. The van der Waals surface area contributed by atoms with Crippen LogP contribution in [0.25, 0.3) is 0 Å². The first-order valence-electron chi connectivity index (χ1n) is 9.36. The zero-order valence-corrected chi connectivity index (χ0v) is 16.8. The third-order valence-electron chi connectivity index (χ3n) is 4.69. The van der Waals surface area contributed by atoms with Crippen LogP contribution in [-0.2, 0) is 22.2 Å². The van der Waals surface area contributed by atoms with Gasteiger partial charge in [-0.15, -0.1) is 0 Å². The fourth-order valence-corrected chi connectivity index (χ4v) is 6.23. The van der Waals surface area contributed by atoms with Gasteiger partial charge in [-0.05, 0) is 55.4 Å². The number of piperidine rings is 1. The van der Waals surface area contributed by atoms with Crippen LogP contribution in [0.15, 0.2) is 24.3 Å². The smallest absolute Gasteiger partial charge is 0.227 e. The molecule has 1 fully saturated rings. The highest BCUT2D eigenvalue weighted by Gasteiger charge is 2.24. The summed E-state index contributed by atoms with van der Waals surface area (Å²) in [5, 5.41) is 0. The molecule has 1 aliphatic rings. The molecule has 0 atom stereocenters. The van der Waals surface area contributed by atoms with E-state index in [0.29, 0.717) is 18.9 Å². The summed E-state index contributed by atoms with van der Waals surface area (Å²) in [5.41, 5.74) is 2.30. The average molecular weight is 348 g/mol. The van der Waals surface area contributed by atoms with Gasteiger partial charge in [-0.3, -0.25) is 4.79 Å². The maximum absolute atomic E-state index is 12.6. The van der Waals surface area contributed by atoms with Crippen LogP contribution in [0, 0.1) is 5.92 Å². The molecule has 3 nitrogen and oxygen atoms in total. The summed E-state index contributed by atoms with van der Waals surface area (Å²) in [5.74, 6) is 0.934. The van der Waals surface area contributed by atoms with Crippen LogP contribution in [0.2, 0.25) is 19.1 Å². The van der Waals surface area contributed by atoms with Gasteiger partial charge in [0.25, 0.3) is 0 Å². The van der Waals surface area contributed by atoms with E-state index in [1.54, 1.807) is 0 Å². The van der Waals surface area contributed by atoms with Crippen molar-refractivity contribution in [2.45, 2.75) is 65.3 Å². The van der Waals surface area contributed by atoms with Crippen LogP contribution in [-0.4, -0.2) is 32.2 Å². The first-order chi connectivity index (χ1) is 11.4. The Morgan fingerprint density at radius 2 is 1.75 bits per heavy atom. The van der Waals surface area contributed by atoms with E-state index in [-0.39, 0.29) is 5.91 Å². The lowest BCUT2D eigenvalue weighted by Gasteiger charge is -2.28. The summed E-state index contributed by atoms with van der Waals surface area (Å²) in [6.07, 6.45) is 4.05. The molecule has 0 aromatic heterocycles. The molecule has 1 heterocycles. The molecular weight excluding hydrogens is 314 g/mol. The fourth-order valence-electron chi connectivity index (χ4n) is 3.60. The highest BCUT2D eigenvalue weighted by atomic mass is 28.4. The molecule has 134 valence electrons. The van der Waals surface area contributed by atoms with E-state index < -0.39 is 8.32 Å². The van der Waals surface area contributed by atoms with Crippen molar-refractivity contribution in [3.8, 4) is 0 Å². The number of carbonyl (C=O) groups is 1. The minimum Gasteiger partial charge on any atom is -0.413 e. The van der Waals surface area contributed by atoms with Gasteiger partial charge < -0.3 is 9.33 Å². The first kappa shape index (κ1) is 19.2. The van der Waals surface area contributed by atoms with Crippen LogP contribution < -0.4 is 0 Å². The maximum atomic E-state index is 12.6. The SMILES string of the molecule is CC(C)C[Si](C)(C)OCc1ccccc1CC(=O)N1CCCCC1. The third kappa shape index (κ3) is 6.06. The van der Waals surface area contributed by atoms with Crippen LogP contribution in [0.5, 0.6) is 0 Å². The molecule has 0 unspecified atom stereocenters. The standard InChI is InChI=1S/C20H33NO2Si/c1-17(2)16-24(3,4)23-15-19-11-7-6-10-18(19)14-20(22)21-12-8-5-9-13-21/h6-7,10-11,17H,5,8-9,12-16H2,1-4H3. The molecule has 24 heavy (non-hydrogen) atoms. The summed E-state index contributed by atoms with van der Waals surface area (Å²) >= 11 is 0. The minimum absolute atomic E-state index is 0.265. The molecule has 1 aliphatic heterocycles. The second-order valence-electron chi connectivity index (χ2n) is 8.03. The van der Waals surface area contributed by atoms with Gasteiger partial charge in [0.1, 0.15) is 0 Å². The Labute approximate surface area is 148 Å². The normalized spacial score (nSPS) is 15.8. The molecule has 0 saturated carbocycles. The van der Waals surface area contributed by atoms with Crippen molar-refractivity contribution >= 4 is 14.2 Å². The molecule has 0 N–H and O–H groups in total. The number of rotatable bonds is 7. The number of hydrogen-bond acceptors (Lipinski definition) is 2. The topological polar surface area (TPSA) is 29.5 Å². The van der Waals surface area contributed by atoms with E-state index in [9.17, 15) is 4.79 Å². The lowest BCUT2D eigenvalue weighted by Crippen LogP contribution is -2.36. The quantitative estimate of drug-likeness (QED) is 0.674. The van der Waals surface area contributed by atoms with Crippen LogP contribution in [0.4, 0.5) is 0 Å². The van der Waals surface area contributed by atoms with Crippen molar-refractivity contribution in [3.05, 3.63) is 35.4 Å². The van der Waals surface area contributed by atoms with Gasteiger partial charge >= 0.3 is 0 Å². The van der Waals surface area contributed by atoms with E-state index in [1.165, 1.54) is 18.0 Å². The minimum atomic E-state index is -1.64. The summed E-state index contributed by atoms with van der Waals surface area (Å²) < 4.78 is 6.31. The van der Waals surface area contributed by atoms with E-state index in [4.69, 9.17) is 4.43 Å². The van der Waals surface area contributed by atoms with Crippen LogP contribution in [0.1, 0.15) is 44.2 Å². The summed E-state index contributed by atoms with van der Waals surface area (Å²) in [7, 11) is -1.64. The molecule has 0 aliphatic carbocycles. The highest BCUT2D eigenvalue weighted by Crippen LogP contribution is 2.21. The lowest BCUT2D eigenvalue weighted by atomic mass is 10.0. The molecule has 0 spiro atoms. The monoisotopic (exact) mass is 347 g/mol. The molecule has 1 aromatic carbocycles. The number of benzene rings is 1. The second-order valence-corrected chi connectivity index (χ2v) is 12.2. The van der Waals surface area contributed by atoms with Crippen LogP contribution in [0.3, 0.4) is 0 Å². The lowest BCUT2D eigenvalue weighted by molar-refractivity contribution is -0.131. The molecule has 1 saturated heterocycles. The van der Waals surface area contributed by atoms with Crippen molar-refractivity contribution in [1.82, 2.24) is 4.90 Å². The molecule has 2 rings (SSSR count). The van der Waals surface area contributed by atoms with Gasteiger partial charge in [-0.1, -0.05) is 38.1 Å². The Bertz CT molecular complexity index is 536. The predicted molar refractivity (Wildman–Crippen MR) is 102 cm³/mol. The van der Waals surface area contributed by atoms with Crippen molar-refractivity contribution in [2.75, 3.05) is 13.1 Å². The number of carbonyl (C=O) groups excluding carboxylic acids is 1. The number of hydrogen-bond donors (Lipinski definition) is 0. The molecular formula is C20H33NO2Si. The largest absolute Gasteiger partial charge is 0.413 e. The van der Waals surface area contributed by atoms with Crippen molar-refractivity contribution < 1.29 is 9.22 Å². The average Bonchev–Trinajstić information content (AvgIpc) is 2.54. The zero-order chi connectivity index (χ0) is 17.6. The van der Waals surface area contributed by atoms with Crippen molar-refractivity contribution in [3.63, 3.8) is 0 Å². The van der Waals surface area contributed by atoms with E-state index in [2.05, 4.69) is 39.1 Å². The Kier molecular flexibility index (Phi) is 7.05. The van der Waals surface area contributed by atoms with Gasteiger partial charge in [0.2, 0.25) is 5.91 Å². The number of likely N-dealkylation sites (tertiary alicyclic amines) is 1. The Morgan fingerprint density at radius 1 is 1.12 bits per heavy atom. The van der Waals surface area contributed by atoms with Gasteiger partial charge in [0, 0.05) is 13.1 Å². The first-order valence-corrected chi connectivity index (χ1v) is 12.5. The predicted octanol–water partition coefficient (Wildman–Crippen LogP) is 4.62. The Balaban J connectivity index is 1.98. The number of amides is 1. The number of nitrogens with zero attached hydrogens (tertiary/aromatic N) is 1. The fraction of sp³-hybridized carbons (Fsp3) is 0.650. The van der Waals surface area contributed by atoms with Gasteiger partial charge in [0.05, 0.1) is 13.0 Å². The maximum Gasteiger partial charge on any atom is 0.227 e. The summed E-state index contributed by atoms with van der Waals surface area (Å²) in [6.45, 7) is 11.6. The molecule has 4 heteroatoms. The van der Waals surface area contributed by atoms with E-state index in [0.717, 1.165) is 31.5 Å². The molecule has 0 radical (unpaired) electrons. The Morgan fingerprint density at radius 3 is 2.38 bits per heavy atom. The highest BCUT2D eigenvalue weighted by molar-refractivity contribution is 6.71.